The van der Waals surface area contributed by atoms with Gasteiger partial charge in [0.1, 0.15) is 5.82 Å². The van der Waals surface area contributed by atoms with Gasteiger partial charge in [0.25, 0.3) is 5.91 Å². The van der Waals surface area contributed by atoms with Crippen LogP contribution in [0.15, 0.2) is 48.1 Å². The monoisotopic (exact) mass is 489 g/mol. The molecule has 5 heterocycles. The zero-order valence-electron chi connectivity index (χ0n) is 19.6. The molecule has 0 bridgehead atoms. The van der Waals surface area contributed by atoms with E-state index in [4.69, 9.17) is 10.7 Å². The lowest BCUT2D eigenvalue weighted by atomic mass is 9.97. The second kappa shape index (κ2) is 9.46. The van der Waals surface area contributed by atoms with Crippen LogP contribution >= 0.6 is 11.3 Å². The highest BCUT2D eigenvalue weighted by Gasteiger charge is 2.25. The van der Waals surface area contributed by atoms with E-state index in [1.54, 1.807) is 23.7 Å². The Morgan fingerprint density at radius 3 is 2.77 bits per heavy atom. The van der Waals surface area contributed by atoms with Gasteiger partial charge in [-0.25, -0.2) is 14.6 Å². The van der Waals surface area contributed by atoms with Crippen LogP contribution < -0.4 is 16.0 Å². The predicted octanol–water partition coefficient (Wildman–Crippen LogP) is 4.09. The standard InChI is InChI=1S/C25H27N7O2S/c1-15(2)32-24-19(13-28-32)18(11-20(30-24)21-6-4-10-35-21)25(34)29-17-7-8-22(27-12-17)31-9-3-5-16(14-31)23(26)33/h4,6-8,10-13,15-16H,3,5,9,14H2,1-2H3,(H2,26,33)(H,29,34). The van der Waals surface area contributed by atoms with Crippen LogP contribution in [0.25, 0.3) is 21.6 Å². The third-order valence-corrected chi connectivity index (χ3v) is 7.12. The van der Waals surface area contributed by atoms with Crippen molar-refractivity contribution >= 4 is 45.7 Å². The number of hydrogen-bond donors (Lipinski definition) is 2. The van der Waals surface area contributed by atoms with Crippen molar-refractivity contribution in [2.24, 2.45) is 11.7 Å². The maximum absolute atomic E-state index is 13.4. The summed E-state index contributed by atoms with van der Waals surface area (Å²) < 4.78 is 1.83. The number of aromatic nitrogens is 4. The number of nitrogens with zero attached hydrogens (tertiary/aromatic N) is 5. The summed E-state index contributed by atoms with van der Waals surface area (Å²) in [5.74, 6) is 0.0755. The maximum atomic E-state index is 13.4. The van der Waals surface area contributed by atoms with E-state index in [-0.39, 0.29) is 23.8 Å². The summed E-state index contributed by atoms with van der Waals surface area (Å²) in [6.45, 7) is 5.46. The molecule has 1 fully saturated rings. The number of nitrogens with two attached hydrogens (primary N) is 1. The number of nitrogens with one attached hydrogen (secondary N) is 1. The van der Waals surface area contributed by atoms with Gasteiger partial charge in [-0.3, -0.25) is 9.59 Å². The lowest BCUT2D eigenvalue weighted by molar-refractivity contribution is -0.122. The number of carbonyl (C=O) groups excluding carboxylic acids is 2. The molecule has 1 aliphatic heterocycles. The number of amides is 2. The molecule has 0 radical (unpaired) electrons. The van der Waals surface area contributed by atoms with Crippen molar-refractivity contribution < 1.29 is 9.59 Å². The summed E-state index contributed by atoms with van der Waals surface area (Å²) in [5, 5.41) is 10.1. The molecule has 0 aliphatic carbocycles. The van der Waals surface area contributed by atoms with E-state index in [0.29, 0.717) is 28.8 Å². The average Bonchev–Trinajstić information content (AvgIpc) is 3.54. The normalized spacial score (nSPS) is 16.1. The molecule has 5 rings (SSSR count). The third kappa shape index (κ3) is 4.61. The Morgan fingerprint density at radius 1 is 1.23 bits per heavy atom. The number of fused-ring (bicyclic) bond motifs is 1. The summed E-state index contributed by atoms with van der Waals surface area (Å²) in [7, 11) is 0. The third-order valence-electron chi connectivity index (χ3n) is 6.23. The van der Waals surface area contributed by atoms with E-state index in [1.165, 1.54) is 0 Å². The Morgan fingerprint density at radius 2 is 2.09 bits per heavy atom. The minimum Gasteiger partial charge on any atom is -0.369 e. The summed E-state index contributed by atoms with van der Waals surface area (Å²) in [5.41, 5.74) is 8.01. The summed E-state index contributed by atoms with van der Waals surface area (Å²) in [4.78, 5) is 37.3. The molecule has 1 atom stereocenters. The molecule has 4 aromatic rings. The summed E-state index contributed by atoms with van der Waals surface area (Å²) >= 11 is 1.58. The van der Waals surface area contributed by atoms with E-state index in [0.717, 1.165) is 35.8 Å². The lowest BCUT2D eigenvalue weighted by Gasteiger charge is -2.32. The lowest BCUT2D eigenvalue weighted by Crippen LogP contribution is -2.41. The highest BCUT2D eigenvalue weighted by Crippen LogP contribution is 2.29. The number of anilines is 2. The Kier molecular flexibility index (Phi) is 6.21. The zero-order valence-corrected chi connectivity index (χ0v) is 20.5. The van der Waals surface area contributed by atoms with Crippen molar-refractivity contribution in [1.29, 1.82) is 0 Å². The fourth-order valence-electron chi connectivity index (χ4n) is 4.40. The molecule has 1 aliphatic rings. The molecule has 1 unspecified atom stereocenters. The van der Waals surface area contributed by atoms with E-state index in [9.17, 15) is 9.59 Å². The first-order valence-electron chi connectivity index (χ1n) is 11.6. The number of hydrogen-bond acceptors (Lipinski definition) is 7. The van der Waals surface area contributed by atoms with Crippen LogP contribution in [-0.4, -0.2) is 44.7 Å². The topological polar surface area (TPSA) is 119 Å². The van der Waals surface area contributed by atoms with Gasteiger partial charge in [0.15, 0.2) is 5.65 Å². The Hall–Kier alpha value is -3.79. The number of primary amides is 1. The van der Waals surface area contributed by atoms with Crippen LogP contribution in [0.2, 0.25) is 0 Å². The molecule has 9 nitrogen and oxygen atoms in total. The van der Waals surface area contributed by atoms with Crippen molar-refractivity contribution in [1.82, 2.24) is 19.7 Å². The first-order valence-corrected chi connectivity index (χ1v) is 12.5. The largest absolute Gasteiger partial charge is 0.369 e. The Bertz CT molecular complexity index is 1360. The molecule has 0 aromatic carbocycles. The smallest absolute Gasteiger partial charge is 0.256 e. The zero-order chi connectivity index (χ0) is 24.5. The molecular weight excluding hydrogens is 462 g/mol. The molecule has 0 spiro atoms. The first-order chi connectivity index (χ1) is 16.9. The van der Waals surface area contributed by atoms with Gasteiger partial charge < -0.3 is 16.0 Å². The molecule has 35 heavy (non-hydrogen) atoms. The number of pyridine rings is 2. The highest BCUT2D eigenvalue weighted by molar-refractivity contribution is 7.13. The van der Waals surface area contributed by atoms with Crippen LogP contribution in [0.3, 0.4) is 0 Å². The summed E-state index contributed by atoms with van der Waals surface area (Å²) in [6.07, 6.45) is 5.03. The molecule has 180 valence electrons. The Balaban J connectivity index is 1.41. The second-order valence-electron chi connectivity index (χ2n) is 9.00. The fourth-order valence-corrected chi connectivity index (χ4v) is 5.08. The van der Waals surface area contributed by atoms with Crippen molar-refractivity contribution in [3.63, 3.8) is 0 Å². The van der Waals surface area contributed by atoms with Crippen molar-refractivity contribution in [3.8, 4) is 10.6 Å². The van der Waals surface area contributed by atoms with Crippen molar-refractivity contribution in [2.75, 3.05) is 23.3 Å². The fraction of sp³-hybridized carbons (Fsp3) is 0.320. The van der Waals surface area contributed by atoms with Crippen LogP contribution in [0, 0.1) is 5.92 Å². The molecule has 0 saturated carbocycles. The quantitative estimate of drug-likeness (QED) is 0.421. The molecule has 1 saturated heterocycles. The second-order valence-corrected chi connectivity index (χ2v) is 9.95. The average molecular weight is 490 g/mol. The van der Waals surface area contributed by atoms with Gasteiger partial charge in [-0.15, -0.1) is 11.3 Å². The van der Waals surface area contributed by atoms with Gasteiger partial charge in [-0.05, 0) is 56.3 Å². The Labute approximate surface area is 207 Å². The molecular formula is C25H27N7O2S. The van der Waals surface area contributed by atoms with Crippen molar-refractivity contribution in [2.45, 2.75) is 32.7 Å². The SMILES string of the molecule is CC(C)n1ncc2c(C(=O)Nc3ccc(N4CCCC(C(N)=O)C4)nc3)cc(-c3cccs3)nc21. The van der Waals surface area contributed by atoms with Gasteiger partial charge in [0.2, 0.25) is 5.91 Å². The molecule has 10 heteroatoms. The van der Waals surface area contributed by atoms with E-state index < -0.39 is 0 Å². The summed E-state index contributed by atoms with van der Waals surface area (Å²) in [6, 6.07) is 9.55. The van der Waals surface area contributed by atoms with Crippen molar-refractivity contribution in [3.05, 3.63) is 53.7 Å². The van der Waals surface area contributed by atoms with Crippen LogP contribution in [-0.2, 0) is 4.79 Å². The van der Waals surface area contributed by atoms with Crippen LogP contribution in [0.4, 0.5) is 11.5 Å². The van der Waals surface area contributed by atoms with Gasteiger partial charge in [0.05, 0.1) is 45.5 Å². The van der Waals surface area contributed by atoms with E-state index in [1.807, 2.05) is 54.2 Å². The number of rotatable bonds is 6. The highest BCUT2D eigenvalue weighted by atomic mass is 32.1. The molecule has 3 N–H and O–H groups in total. The van der Waals surface area contributed by atoms with Gasteiger partial charge in [-0.1, -0.05) is 6.07 Å². The minimum absolute atomic E-state index is 0.107. The number of thiophene rings is 1. The predicted molar refractivity (Wildman–Crippen MR) is 138 cm³/mol. The molecule has 2 amide bonds. The maximum Gasteiger partial charge on any atom is 0.256 e. The van der Waals surface area contributed by atoms with E-state index >= 15 is 0 Å². The minimum atomic E-state index is -0.273. The van der Waals surface area contributed by atoms with Crippen LogP contribution in [0.5, 0.6) is 0 Å². The number of carbonyl (C=O) groups is 2. The van der Waals surface area contributed by atoms with Gasteiger partial charge in [-0.2, -0.15) is 5.10 Å². The number of piperidine rings is 1. The molecule has 4 aromatic heterocycles. The van der Waals surface area contributed by atoms with Crippen LogP contribution in [0.1, 0.15) is 43.1 Å². The van der Waals surface area contributed by atoms with E-state index in [2.05, 4.69) is 20.3 Å². The first kappa shape index (κ1) is 23.0. The van der Waals surface area contributed by atoms with Gasteiger partial charge in [0, 0.05) is 19.1 Å². The van der Waals surface area contributed by atoms with Gasteiger partial charge >= 0.3 is 0 Å².